The molecule has 3 rings (SSSR count). The van der Waals surface area contributed by atoms with Crippen LogP contribution in [0, 0.1) is 10.1 Å². The number of methoxy groups -OCH3 is 1. The first-order chi connectivity index (χ1) is 12.6. The Kier molecular flexibility index (Phi) is 5.48. The van der Waals surface area contributed by atoms with Crippen molar-refractivity contribution < 1.29 is 14.5 Å². The van der Waals surface area contributed by atoms with Gasteiger partial charge in [0.2, 0.25) is 0 Å². The summed E-state index contributed by atoms with van der Waals surface area (Å²) in [6.45, 7) is 3.39. The van der Waals surface area contributed by atoms with Gasteiger partial charge < -0.3 is 9.64 Å². The van der Waals surface area contributed by atoms with Crippen LogP contribution in [0.15, 0.2) is 48.5 Å². The zero-order valence-electron chi connectivity index (χ0n) is 14.6. The van der Waals surface area contributed by atoms with Crippen molar-refractivity contribution >= 4 is 11.6 Å². The molecular formula is C19H21N3O4. The molecule has 1 heterocycles. The Morgan fingerprint density at radius 2 is 1.73 bits per heavy atom. The highest BCUT2D eigenvalue weighted by Gasteiger charge is 2.27. The highest BCUT2D eigenvalue weighted by molar-refractivity contribution is 5.98. The van der Waals surface area contributed by atoms with Gasteiger partial charge in [-0.15, -0.1) is 0 Å². The summed E-state index contributed by atoms with van der Waals surface area (Å²) in [5.74, 6) is 0.551. The molecule has 0 bridgehead atoms. The Labute approximate surface area is 151 Å². The Bertz CT molecular complexity index is 784. The maximum atomic E-state index is 12.6. The smallest absolute Gasteiger partial charge is 0.282 e. The molecule has 0 aliphatic carbocycles. The zero-order valence-corrected chi connectivity index (χ0v) is 14.6. The van der Waals surface area contributed by atoms with Crippen LogP contribution in [0.3, 0.4) is 0 Å². The molecule has 1 aliphatic heterocycles. The lowest BCUT2D eigenvalue weighted by Crippen LogP contribution is -2.48. The van der Waals surface area contributed by atoms with Gasteiger partial charge in [-0.3, -0.25) is 19.8 Å². The van der Waals surface area contributed by atoms with Gasteiger partial charge in [-0.1, -0.05) is 24.3 Å². The van der Waals surface area contributed by atoms with Crippen molar-refractivity contribution in [2.24, 2.45) is 0 Å². The summed E-state index contributed by atoms with van der Waals surface area (Å²) < 4.78 is 5.16. The van der Waals surface area contributed by atoms with Crippen LogP contribution in [0.2, 0.25) is 0 Å². The van der Waals surface area contributed by atoms with Crippen LogP contribution in [0.1, 0.15) is 15.9 Å². The number of para-hydroxylation sites is 1. The predicted molar refractivity (Wildman–Crippen MR) is 97.3 cm³/mol. The van der Waals surface area contributed by atoms with E-state index in [2.05, 4.69) is 4.90 Å². The van der Waals surface area contributed by atoms with Gasteiger partial charge in [0.25, 0.3) is 11.6 Å². The highest BCUT2D eigenvalue weighted by Crippen LogP contribution is 2.21. The van der Waals surface area contributed by atoms with Crippen molar-refractivity contribution in [1.82, 2.24) is 9.80 Å². The van der Waals surface area contributed by atoms with Gasteiger partial charge >= 0.3 is 0 Å². The molecule has 1 aliphatic rings. The van der Waals surface area contributed by atoms with Crippen molar-refractivity contribution in [2.45, 2.75) is 6.54 Å². The number of nitro benzene ring substituents is 1. The summed E-state index contributed by atoms with van der Waals surface area (Å²) in [7, 11) is 1.64. The first-order valence-corrected chi connectivity index (χ1v) is 8.46. The number of nitro groups is 1. The minimum absolute atomic E-state index is 0.141. The second-order valence-corrected chi connectivity index (χ2v) is 6.19. The van der Waals surface area contributed by atoms with Crippen LogP contribution >= 0.6 is 0 Å². The number of amides is 1. The number of hydrogen-bond acceptors (Lipinski definition) is 5. The van der Waals surface area contributed by atoms with E-state index in [0.717, 1.165) is 25.4 Å². The maximum absolute atomic E-state index is 12.6. The van der Waals surface area contributed by atoms with Crippen molar-refractivity contribution in [3.8, 4) is 5.75 Å². The number of ether oxygens (including phenoxy) is 1. The van der Waals surface area contributed by atoms with Crippen molar-refractivity contribution in [3.63, 3.8) is 0 Å². The number of nitrogens with zero attached hydrogens (tertiary/aromatic N) is 3. The summed E-state index contributed by atoms with van der Waals surface area (Å²) in [6.07, 6.45) is 0. The maximum Gasteiger partial charge on any atom is 0.282 e. The third-order valence-electron chi connectivity index (χ3n) is 4.56. The minimum Gasteiger partial charge on any atom is -0.497 e. The van der Waals surface area contributed by atoms with E-state index in [-0.39, 0.29) is 17.2 Å². The highest BCUT2D eigenvalue weighted by atomic mass is 16.6. The van der Waals surface area contributed by atoms with Crippen molar-refractivity contribution in [1.29, 1.82) is 0 Å². The van der Waals surface area contributed by atoms with Gasteiger partial charge in [0.05, 0.1) is 12.0 Å². The van der Waals surface area contributed by atoms with Crippen LogP contribution in [0.25, 0.3) is 0 Å². The molecule has 1 amide bonds. The first kappa shape index (κ1) is 17.9. The van der Waals surface area contributed by atoms with Crippen LogP contribution in [-0.4, -0.2) is 53.9 Å². The van der Waals surface area contributed by atoms with E-state index >= 15 is 0 Å². The molecule has 0 unspecified atom stereocenters. The van der Waals surface area contributed by atoms with Gasteiger partial charge in [-0.25, -0.2) is 0 Å². The van der Waals surface area contributed by atoms with E-state index in [4.69, 9.17) is 4.74 Å². The fourth-order valence-electron chi connectivity index (χ4n) is 3.08. The third-order valence-corrected chi connectivity index (χ3v) is 4.56. The second-order valence-electron chi connectivity index (χ2n) is 6.19. The number of rotatable bonds is 5. The summed E-state index contributed by atoms with van der Waals surface area (Å²) >= 11 is 0. The molecule has 0 N–H and O–H groups in total. The molecule has 7 nitrogen and oxygen atoms in total. The Morgan fingerprint density at radius 3 is 2.35 bits per heavy atom. The van der Waals surface area contributed by atoms with Crippen molar-refractivity contribution in [3.05, 3.63) is 69.8 Å². The van der Waals surface area contributed by atoms with E-state index < -0.39 is 4.92 Å². The summed E-state index contributed by atoms with van der Waals surface area (Å²) in [5, 5.41) is 11.1. The van der Waals surface area contributed by atoms with E-state index in [1.54, 1.807) is 24.1 Å². The topological polar surface area (TPSA) is 75.9 Å². The predicted octanol–water partition coefficient (Wildman–Crippen LogP) is 2.56. The van der Waals surface area contributed by atoms with Gasteiger partial charge in [0.1, 0.15) is 11.3 Å². The van der Waals surface area contributed by atoms with Gasteiger partial charge in [0.15, 0.2) is 0 Å². The summed E-state index contributed by atoms with van der Waals surface area (Å²) in [4.78, 5) is 27.2. The van der Waals surface area contributed by atoms with Crippen LogP contribution in [0.4, 0.5) is 5.69 Å². The lowest BCUT2D eigenvalue weighted by molar-refractivity contribution is -0.385. The molecule has 26 heavy (non-hydrogen) atoms. The summed E-state index contributed by atoms with van der Waals surface area (Å²) in [5.41, 5.74) is 1.20. The average Bonchev–Trinajstić information content (AvgIpc) is 2.68. The number of carbonyl (C=O) groups excluding carboxylic acids is 1. The van der Waals surface area contributed by atoms with E-state index in [9.17, 15) is 14.9 Å². The molecule has 1 saturated heterocycles. The molecule has 0 radical (unpaired) electrons. The molecule has 2 aromatic carbocycles. The molecule has 7 heteroatoms. The zero-order chi connectivity index (χ0) is 18.5. The largest absolute Gasteiger partial charge is 0.497 e. The SMILES string of the molecule is COc1ccc(CN2CCN(C(=O)c3ccccc3[N+](=O)[O-])CC2)cc1. The van der Waals surface area contributed by atoms with E-state index in [1.165, 1.54) is 17.7 Å². The Balaban J connectivity index is 1.59. The number of benzene rings is 2. The molecule has 0 atom stereocenters. The van der Waals surface area contributed by atoms with Crippen LogP contribution in [-0.2, 0) is 6.54 Å². The molecular weight excluding hydrogens is 334 g/mol. The van der Waals surface area contributed by atoms with Crippen LogP contribution < -0.4 is 4.74 Å². The van der Waals surface area contributed by atoms with E-state index in [0.29, 0.717) is 13.1 Å². The quantitative estimate of drug-likeness (QED) is 0.609. The first-order valence-electron chi connectivity index (χ1n) is 8.46. The molecule has 136 valence electrons. The fraction of sp³-hybridized carbons (Fsp3) is 0.316. The lowest BCUT2D eigenvalue weighted by atomic mass is 10.1. The van der Waals surface area contributed by atoms with Gasteiger partial charge in [0, 0.05) is 38.8 Å². The van der Waals surface area contributed by atoms with E-state index in [1.807, 2.05) is 24.3 Å². The molecule has 0 aromatic heterocycles. The standard InChI is InChI=1S/C19H21N3O4/c1-26-16-8-6-15(7-9-16)14-20-10-12-21(13-11-20)19(23)17-4-2-3-5-18(17)22(24)25/h2-9H,10-14H2,1H3. The number of carbonyl (C=O) groups is 1. The molecule has 2 aromatic rings. The lowest BCUT2D eigenvalue weighted by Gasteiger charge is -2.34. The number of hydrogen-bond donors (Lipinski definition) is 0. The van der Waals surface area contributed by atoms with Crippen LogP contribution in [0.5, 0.6) is 5.75 Å². The fourth-order valence-corrected chi connectivity index (χ4v) is 3.08. The molecule has 1 fully saturated rings. The van der Waals surface area contributed by atoms with Gasteiger partial charge in [-0.2, -0.15) is 0 Å². The van der Waals surface area contributed by atoms with Gasteiger partial charge in [-0.05, 0) is 23.8 Å². The molecule has 0 saturated carbocycles. The monoisotopic (exact) mass is 355 g/mol. The molecule has 0 spiro atoms. The Hall–Kier alpha value is -2.93. The Morgan fingerprint density at radius 1 is 1.08 bits per heavy atom. The second kappa shape index (κ2) is 7.97. The van der Waals surface area contributed by atoms with Crippen molar-refractivity contribution in [2.75, 3.05) is 33.3 Å². The minimum atomic E-state index is -0.507. The third kappa shape index (κ3) is 4.00. The number of piperazine rings is 1. The summed E-state index contributed by atoms with van der Waals surface area (Å²) in [6, 6.07) is 14.0. The average molecular weight is 355 g/mol. The normalized spacial score (nSPS) is 14.9.